The topological polar surface area (TPSA) is 114 Å². The minimum absolute atomic E-state index is 0.144. The molecule has 0 bridgehead atoms. The lowest BCUT2D eigenvalue weighted by atomic mass is 9.93. The van der Waals surface area contributed by atoms with E-state index in [-0.39, 0.29) is 23.4 Å². The maximum absolute atomic E-state index is 13.9. The number of hydrogen-bond donors (Lipinski definition) is 3. The van der Waals surface area contributed by atoms with Gasteiger partial charge >= 0.3 is 0 Å². The van der Waals surface area contributed by atoms with Gasteiger partial charge in [-0.2, -0.15) is 0 Å². The van der Waals surface area contributed by atoms with E-state index in [1.807, 2.05) is 12.1 Å². The quantitative estimate of drug-likeness (QED) is 0.405. The number of hydrogen-bond acceptors (Lipinski definition) is 6. The molecule has 3 amide bonds. The van der Waals surface area contributed by atoms with Gasteiger partial charge in [-0.15, -0.1) is 0 Å². The van der Waals surface area contributed by atoms with Crippen LogP contribution in [0.3, 0.4) is 0 Å². The Morgan fingerprint density at radius 1 is 1.19 bits per heavy atom. The molecule has 1 atom stereocenters. The molecule has 2 heterocycles. The second kappa shape index (κ2) is 11.8. The van der Waals surface area contributed by atoms with Gasteiger partial charge in [0.2, 0.25) is 11.8 Å². The molecule has 36 heavy (non-hydrogen) atoms. The Balaban J connectivity index is 1.28. The lowest BCUT2D eigenvalue weighted by molar-refractivity contribution is -0.134. The number of carbonyl (C=O) groups excluding carboxylic acids is 3. The van der Waals surface area contributed by atoms with E-state index in [0.29, 0.717) is 37.7 Å². The van der Waals surface area contributed by atoms with Gasteiger partial charge in [-0.05, 0) is 55.9 Å². The van der Waals surface area contributed by atoms with Crippen LogP contribution in [0.4, 0.5) is 10.1 Å². The van der Waals surface area contributed by atoms with Crippen molar-refractivity contribution in [3.63, 3.8) is 0 Å². The Bertz CT molecular complexity index is 1140. The molecule has 8 nitrogen and oxygen atoms in total. The van der Waals surface area contributed by atoms with E-state index in [2.05, 4.69) is 37.5 Å². The summed E-state index contributed by atoms with van der Waals surface area (Å²) in [4.78, 5) is 37.0. The molecule has 192 valence electrons. The van der Waals surface area contributed by atoms with Crippen LogP contribution in [-0.2, 0) is 16.1 Å². The van der Waals surface area contributed by atoms with Crippen LogP contribution in [0.25, 0.3) is 0 Å². The van der Waals surface area contributed by atoms with E-state index in [1.54, 1.807) is 6.07 Å². The Morgan fingerprint density at radius 2 is 1.97 bits per heavy atom. The number of carbonyl (C=O) groups is 3. The number of amides is 3. The molecule has 2 saturated heterocycles. The van der Waals surface area contributed by atoms with Crippen molar-refractivity contribution in [2.75, 3.05) is 24.6 Å². The van der Waals surface area contributed by atoms with Crippen LogP contribution in [-0.4, -0.2) is 43.5 Å². The molecular weight excluding hydrogens is 531 g/mol. The number of nitrogens with zero attached hydrogens (tertiary/aromatic N) is 1. The zero-order valence-corrected chi connectivity index (χ0v) is 21.5. The molecule has 4 rings (SSSR count). The minimum Gasteiger partial charge on any atom is -0.493 e. The monoisotopic (exact) mass is 560 g/mol. The third-order valence-electron chi connectivity index (χ3n) is 6.81. The van der Waals surface area contributed by atoms with Crippen molar-refractivity contribution in [3.05, 3.63) is 57.8 Å². The first kappa shape index (κ1) is 26.1. The molecule has 2 aliphatic heterocycles. The Morgan fingerprint density at radius 3 is 2.67 bits per heavy atom. The lowest BCUT2D eigenvalue weighted by Crippen LogP contribution is -2.50. The van der Waals surface area contributed by atoms with Gasteiger partial charge in [-0.3, -0.25) is 19.7 Å². The largest absolute Gasteiger partial charge is 0.493 e. The van der Waals surface area contributed by atoms with Gasteiger partial charge in [-0.25, -0.2) is 4.39 Å². The van der Waals surface area contributed by atoms with E-state index >= 15 is 0 Å². The maximum atomic E-state index is 13.9. The number of primary amides is 1. The molecule has 0 radical (unpaired) electrons. The second-order valence-corrected chi connectivity index (χ2v) is 10.0. The summed E-state index contributed by atoms with van der Waals surface area (Å²) in [5.41, 5.74) is 7.21. The average molecular weight is 561 g/mol. The predicted molar refractivity (Wildman–Crippen MR) is 137 cm³/mol. The van der Waals surface area contributed by atoms with Crippen molar-refractivity contribution in [2.45, 2.75) is 44.7 Å². The van der Waals surface area contributed by atoms with Gasteiger partial charge in [0.15, 0.2) is 0 Å². The molecule has 2 fully saturated rings. The van der Waals surface area contributed by atoms with Crippen LogP contribution < -0.4 is 26.0 Å². The Hall–Kier alpha value is -2.98. The van der Waals surface area contributed by atoms with Crippen molar-refractivity contribution in [3.8, 4) is 5.75 Å². The second-order valence-electron chi connectivity index (χ2n) is 9.20. The summed E-state index contributed by atoms with van der Waals surface area (Å²) < 4.78 is 20.6. The summed E-state index contributed by atoms with van der Waals surface area (Å²) >= 11 is 3.66. The average Bonchev–Trinajstić information content (AvgIpc) is 2.84. The predicted octanol–water partition coefficient (Wildman–Crippen LogP) is 3.27. The van der Waals surface area contributed by atoms with Crippen LogP contribution in [0.2, 0.25) is 0 Å². The van der Waals surface area contributed by atoms with Crippen LogP contribution in [0.15, 0.2) is 40.9 Å². The van der Waals surface area contributed by atoms with E-state index in [9.17, 15) is 18.8 Å². The van der Waals surface area contributed by atoms with Crippen molar-refractivity contribution in [1.82, 2.24) is 10.6 Å². The number of rotatable bonds is 9. The normalized spacial score (nSPS) is 18.7. The van der Waals surface area contributed by atoms with E-state index < -0.39 is 11.7 Å². The van der Waals surface area contributed by atoms with Gasteiger partial charge in [0.1, 0.15) is 11.6 Å². The van der Waals surface area contributed by atoms with Gasteiger partial charge in [0.25, 0.3) is 5.91 Å². The highest BCUT2D eigenvalue weighted by Crippen LogP contribution is 2.32. The van der Waals surface area contributed by atoms with Crippen molar-refractivity contribution in [2.24, 2.45) is 11.7 Å². The summed E-state index contributed by atoms with van der Waals surface area (Å²) in [5.74, 6) is -1.09. The standard InChI is InChI=1S/C26H30BrFN4O4/c27-20-2-1-3-23(19(20)15-30-22-6-7-24(33)31-26(22)35)32-11-8-16(9-12-32)10-13-36-17-4-5-18(25(29)34)21(28)14-17/h1-5,14,16,22,30H,6-13,15H2,(H2,29,34)(H,31,33,35). The molecule has 0 aliphatic carbocycles. The van der Waals surface area contributed by atoms with Crippen molar-refractivity contribution < 1.29 is 23.5 Å². The molecule has 10 heteroatoms. The number of imide groups is 1. The number of piperidine rings is 2. The first-order valence-electron chi connectivity index (χ1n) is 12.1. The first-order chi connectivity index (χ1) is 17.3. The number of anilines is 1. The van der Waals surface area contributed by atoms with Gasteiger partial charge in [0.05, 0.1) is 18.2 Å². The van der Waals surface area contributed by atoms with Crippen LogP contribution in [0, 0.1) is 11.7 Å². The summed E-state index contributed by atoms with van der Waals surface area (Å²) in [7, 11) is 0. The fourth-order valence-electron chi connectivity index (χ4n) is 4.72. The highest BCUT2D eigenvalue weighted by atomic mass is 79.9. The molecule has 4 N–H and O–H groups in total. The van der Waals surface area contributed by atoms with E-state index in [0.717, 1.165) is 48.1 Å². The zero-order valence-electron chi connectivity index (χ0n) is 19.9. The molecule has 0 saturated carbocycles. The summed E-state index contributed by atoms with van der Waals surface area (Å²) in [5, 5.41) is 5.69. The smallest absolute Gasteiger partial charge is 0.251 e. The van der Waals surface area contributed by atoms with Gasteiger partial charge < -0.3 is 20.7 Å². The van der Waals surface area contributed by atoms with E-state index in [1.165, 1.54) is 12.1 Å². The van der Waals surface area contributed by atoms with E-state index in [4.69, 9.17) is 10.5 Å². The van der Waals surface area contributed by atoms with Crippen LogP contribution in [0.5, 0.6) is 5.75 Å². The van der Waals surface area contributed by atoms with Crippen molar-refractivity contribution >= 4 is 39.3 Å². The van der Waals surface area contributed by atoms with Gasteiger partial charge in [0, 0.05) is 47.8 Å². The SMILES string of the molecule is NC(=O)c1ccc(OCCC2CCN(c3cccc(Br)c3CNC3CCC(=O)NC3=O)CC2)cc1F. The molecule has 1 unspecified atom stereocenters. The highest BCUT2D eigenvalue weighted by molar-refractivity contribution is 9.10. The molecular formula is C26H30BrFN4O4. The summed E-state index contributed by atoms with van der Waals surface area (Å²) in [6.45, 7) is 2.78. The number of ether oxygens (including phenoxy) is 1. The number of halogens is 2. The van der Waals surface area contributed by atoms with Crippen LogP contribution >= 0.6 is 15.9 Å². The van der Waals surface area contributed by atoms with Crippen molar-refractivity contribution in [1.29, 1.82) is 0 Å². The fourth-order valence-corrected chi connectivity index (χ4v) is 5.22. The Labute approximate surface area is 217 Å². The third-order valence-corrected chi connectivity index (χ3v) is 7.56. The number of benzene rings is 2. The zero-order chi connectivity index (χ0) is 25.7. The third kappa shape index (κ3) is 6.41. The summed E-state index contributed by atoms with van der Waals surface area (Å²) in [6, 6.07) is 9.82. The fraction of sp³-hybridized carbons (Fsp3) is 0.423. The molecule has 2 aromatic carbocycles. The molecule has 2 aliphatic rings. The molecule has 0 aromatic heterocycles. The highest BCUT2D eigenvalue weighted by Gasteiger charge is 2.27. The Kier molecular flexibility index (Phi) is 8.58. The van der Waals surface area contributed by atoms with Crippen LogP contribution in [0.1, 0.15) is 48.0 Å². The summed E-state index contributed by atoms with van der Waals surface area (Å²) in [6.07, 6.45) is 3.71. The van der Waals surface area contributed by atoms with Gasteiger partial charge in [-0.1, -0.05) is 22.0 Å². The first-order valence-corrected chi connectivity index (χ1v) is 12.9. The minimum atomic E-state index is -0.800. The molecule has 0 spiro atoms. The lowest BCUT2D eigenvalue weighted by Gasteiger charge is -2.35. The number of nitrogens with two attached hydrogens (primary N) is 1. The molecule has 2 aromatic rings. The number of nitrogens with one attached hydrogen (secondary N) is 2. The maximum Gasteiger partial charge on any atom is 0.251 e.